The van der Waals surface area contributed by atoms with Crippen LogP contribution < -0.4 is 5.32 Å². The van der Waals surface area contributed by atoms with Crippen LogP contribution >= 0.6 is 23.2 Å². The van der Waals surface area contributed by atoms with Gasteiger partial charge in [0.05, 0.1) is 17.3 Å². The van der Waals surface area contributed by atoms with Crippen molar-refractivity contribution >= 4 is 29.1 Å². The molecular weight excluding hydrogens is 297 g/mol. The second-order valence-electron chi connectivity index (χ2n) is 4.59. The van der Waals surface area contributed by atoms with Crippen LogP contribution in [0.25, 0.3) is 0 Å². The van der Waals surface area contributed by atoms with Crippen LogP contribution in [0, 0.1) is 6.92 Å². The standard InChI is InChI=1S/C14H15Cl2N3O/c1-8(10-6-4-5-7-11(10)15)17-14(20)12-9(2)18-19(3)13(12)16/h4-8H,1-3H3,(H,17,20). The van der Waals surface area contributed by atoms with Gasteiger partial charge >= 0.3 is 0 Å². The fraction of sp³-hybridized carbons (Fsp3) is 0.286. The van der Waals surface area contributed by atoms with E-state index in [-0.39, 0.29) is 11.9 Å². The molecule has 1 unspecified atom stereocenters. The number of rotatable bonds is 3. The van der Waals surface area contributed by atoms with Crippen molar-refractivity contribution in [3.05, 3.63) is 51.3 Å². The van der Waals surface area contributed by atoms with Crippen LogP contribution in [0.1, 0.15) is 34.6 Å². The van der Waals surface area contributed by atoms with E-state index in [1.807, 2.05) is 25.1 Å². The Bertz CT molecular complexity index is 652. The lowest BCUT2D eigenvalue weighted by Crippen LogP contribution is -2.27. The van der Waals surface area contributed by atoms with Gasteiger partial charge in [-0.3, -0.25) is 9.48 Å². The number of benzene rings is 1. The van der Waals surface area contributed by atoms with Crippen molar-refractivity contribution in [3.8, 4) is 0 Å². The minimum Gasteiger partial charge on any atom is -0.345 e. The van der Waals surface area contributed by atoms with Gasteiger partial charge in [0, 0.05) is 12.1 Å². The predicted octanol–water partition coefficient (Wildman–Crippen LogP) is 3.53. The van der Waals surface area contributed by atoms with Gasteiger partial charge in [-0.15, -0.1) is 0 Å². The monoisotopic (exact) mass is 311 g/mol. The molecule has 1 amide bonds. The summed E-state index contributed by atoms with van der Waals surface area (Å²) in [5, 5.41) is 7.96. The predicted molar refractivity (Wildman–Crippen MR) is 80.3 cm³/mol. The highest BCUT2D eigenvalue weighted by Crippen LogP contribution is 2.24. The minimum atomic E-state index is -0.256. The Morgan fingerprint density at radius 2 is 2.00 bits per heavy atom. The van der Waals surface area contributed by atoms with E-state index in [4.69, 9.17) is 23.2 Å². The number of hydrogen-bond acceptors (Lipinski definition) is 2. The Morgan fingerprint density at radius 1 is 1.35 bits per heavy atom. The number of aromatic nitrogens is 2. The van der Waals surface area contributed by atoms with E-state index in [1.165, 1.54) is 4.68 Å². The Hall–Kier alpha value is -1.52. The number of halogens is 2. The quantitative estimate of drug-likeness (QED) is 0.942. The first-order valence-corrected chi connectivity index (χ1v) is 6.91. The van der Waals surface area contributed by atoms with Gasteiger partial charge in [0.25, 0.3) is 5.91 Å². The minimum absolute atomic E-state index is 0.216. The van der Waals surface area contributed by atoms with Crippen molar-refractivity contribution < 1.29 is 4.79 Å². The van der Waals surface area contributed by atoms with Gasteiger partial charge in [-0.05, 0) is 25.5 Å². The zero-order valence-corrected chi connectivity index (χ0v) is 13.0. The summed E-state index contributed by atoms with van der Waals surface area (Å²) in [7, 11) is 1.70. The van der Waals surface area contributed by atoms with E-state index in [0.29, 0.717) is 21.4 Å². The molecule has 0 aliphatic heterocycles. The first kappa shape index (κ1) is 14.9. The normalized spacial score (nSPS) is 12.2. The molecule has 0 aliphatic carbocycles. The average molecular weight is 312 g/mol. The van der Waals surface area contributed by atoms with Crippen LogP contribution in [0.3, 0.4) is 0 Å². The molecule has 106 valence electrons. The first-order chi connectivity index (χ1) is 9.41. The summed E-state index contributed by atoms with van der Waals surface area (Å²) in [5.41, 5.74) is 1.86. The number of aryl methyl sites for hydroxylation is 2. The highest BCUT2D eigenvalue weighted by molar-refractivity contribution is 6.33. The Balaban J connectivity index is 2.22. The van der Waals surface area contributed by atoms with Gasteiger partial charge in [0.15, 0.2) is 0 Å². The van der Waals surface area contributed by atoms with E-state index < -0.39 is 0 Å². The van der Waals surface area contributed by atoms with Crippen LogP contribution in [0.4, 0.5) is 0 Å². The second-order valence-corrected chi connectivity index (χ2v) is 5.36. The van der Waals surface area contributed by atoms with Crippen molar-refractivity contribution in [2.75, 3.05) is 0 Å². The van der Waals surface area contributed by atoms with E-state index >= 15 is 0 Å². The molecule has 0 spiro atoms. The maximum absolute atomic E-state index is 12.3. The summed E-state index contributed by atoms with van der Waals surface area (Å²) < 4.78 is 1.48. The molecule has 4 nitrogen and oxygen atoms in total. The summed E-state index contributed by atoms with van der Waals surface area (Å²) in [6.45, 7) is 3.62. The summed E-state index contributed by atoms with van der Waals surface area (Å²) in [5.74, 6) is -0.256. The third kappa shape index (κ3) is 2.81. The summed E-state index contributed by atoms with van der Waals surface area (Å²) >= 11 is 12.2. The van der Waals surface area contributed by atoms with Crippen LogP contribution in [0.15, 0.2) is 24.3 Å². The fourth-order valence-corrected chi connectivity index (χ4v) is 2.62. The number of nitrogens with one attached hydrogen (secondary N) is 1. The molecule has 1 aromatic carbocycles. The second kappa shape index (κ2) is 5.85. The molecule has 1 heterocycles. The van der Waals surface area contributed by atoms with Gasteiger partial charge in [-0.25, -0.2) is 0 Å². The molecule has 1 N–H and O–H groups in total. The number of amides is 1. The van der Waals surface area contributed by atoms with Gasteiger partial charge in [0.1, 0.15) is 5.15 Å². The molecule has 2 aromatic rings. The summed E-state index contributed by atoms with van der Waals surface area (Å²) in [4.78, 5) is 12.3. The fourth-order valence-electron chi connectivity index (χ4n) is 2.06. The van der Waals surface area contributed by atoms with Crippen LogP contribution in [-0.4, -0.2) is 15.7 Å². The lowest BCUT2D eigenvalue weighted by Gasteiger charge is -2.15. The van der Waals surface area contributed by atoms with E-state index in [0.717, 1.165) is 5.56 Å². The molecule has 20 heavy (non-hydrogen) atoms. The third-order valence-corrected chi connectivity index (χ3v) is 3.88. The van der Waals surface area contributed by atoms with Gasteiger partial charge in [-0.1, -0.05) is 41.4 Å². The Kier molecular flexibility index (Phi) is 4.35. The van der Waals surface area contributed by atoms with Crippen LogP contribution in [0.5, 0.6) is 0 Å². The van der Waals surface area contributed by atoms with E-state index in [2.05, 4.69) is 10.4 Å². The van der Waals surface area contributed by atoms with Crippen LogP contribution in [-0.2, 0) is 7.05 Å². The topological polar surface area (TPSA) is 46.9 Å². The number of hydrogen-bond donors (Lipinski definition) is 1. The van der Waals surface area contributed by atoms with Crippen molar-refractivity contribution in [2.24, 2.45) is 7.05 Å². The molecule has 0 saturated heterocycles. The molecular formula is C14H15Cl2N3O. The van der Waals surface area contributed by atoms with Gasteiger partial charge in [0.2, 0.25) is 0 Å². The molecule has 0 bridgehead atoms. The van der Waals surface area contributed by atoms with Crippen LogP contribution in [0.2, 0.25) is 10.2 Å². The lowest BCUT2D eigenvalue weighted by molar-refractivity contribution is 0.0939. The molecule has 0 aliphatic rings. The zero-order chi connectivity index (χ0) is 14.9. The largest absolute Gasteiger partial charge is 0.345 e. The molecule has 0 saturated carbocycles. The third-order valence-electron chi connectivity index (χ3n) is 3.10. The molecule has 1 atom stereocenters. The van der Waals surface area contributed by atoms with Crippen molar-refractivity contribution in [2.45, 2.75) is 19.9 Å². The SMILES string of the molecule is Cc1nn(C)c(Cl)c1C(=O)NC(C)c1ccccc1Cl. The van der Waals surface area contributed by atoms with Crippen molar-refractivity contribution in [1.82, 2.24) is 15.1 Å². The van der Waals surface area contributed by atoms with Gasteiger partial charge in [-0.2, -0.15) is 5.10 Å². The van der Waals surface area contributed by atoms with Crippen molar-refractivity contribution in [1.29, 1.82) is 0 Å². The highest BCUT2D eigenvalue weighted by Gasteiger charge is 2.21. The maximum atomic E-state index is 12.3. The summed E-state index contributed by atoms with van der Waals surface area (Å²) in [6, 6.07) is 7.19. The van der Waals surface area contributed by atoms with Gasteiger partial charge < -0.3 is 5.32 Å². The molecule has 2 rings (SSSR count). The Labute approximate surface area is 127 Å². The molecule has 1 aromatic heterocycles. The number of carbonyl (C=O) groups excluding carboxylic acids is 1. The lowest BCUT2D eigenvalue weighted by atomic mass is 10.1. The number of carbonyl (C=O) groups is 1. The summed E-state index contributed by atoms with van der Waals surface area (Å²) in [6.07, 6.45) is 0. The first-order valence-electron chi connectivity index (χ1n) is 6.16. The molecule has 6 heteroatoms. The average Bonchev–Trinajstić information content (AvgIpc) is 2.63. The zero-order valence-electron chi connectivity index (χ0n) is 11.4. The maximum Gasteiger partial charge on any atom is 0.256 e. The number of nitrogens with zero attached hydrogens (tertiary/aromatic N) is 2. The molecule has 0 radical (unpaired) electrons. The molecule has 0 fully saturated rings. The highest BCUT2D eigenvalue weighted by atomic mass is 35.5. The Morgan fingerprint density at radius 3 is 2.55 bits per heavy atom. The van der Waals surface area contributed by atoms with Crippen molar-refractivity contribution in [3.63, 3.8) is 0 Å². The smallest absolute Gasteiger partial charge is 0.256 e. The van der Waals surface area contributed by atoms with E-state index in [9.17, 15) is 4.79 Å². The van der Waals surface area contributed by atoms with E-state index in [1.54, 1.807) is 20.0 Å².